The third-order valence-electron chi connectivity index (χ3n) is 4.21. The van der Waals surface area contributed by atoms with Crippen LogP contribution in [0.15, 0.2) is 18.2 Å². The van der Waals surface area contributed by atoms with Crippen LogP contribution in [-0.2, 0) is 4.74 Å². The van der Waals surface area contributed by atoms with Gasteiger partial charge in [-0.15, -0.1) is 0 Å². The summed E-state index contributed by atoms with van der Waals surface area (Å²) in [6, 6.07) is 6.05. The van der Waals surface area contributed by atoms with Gasteiger partial charge in [0.2, 0.25) is 0 Å². The van der Waals surface area contributed by atoms with Gasteiger partial charge in [0.15, 0.2) is 0 Å². The van der Waals surface area contributed by atoms with E-state index in [1.165, 1.54) is 6.42 Å². The molecule has 1 aliphatic rings. The summed E-state index contributed by atoms with van der Waals surface area (Å²) in [5.41, 5.74) is 1.13. The number of hydrogen-bond acceptors (Lipinski definition) is 3. The standard InChI is InChI=1S/C15H22ClNO2/c1-17-14(10-15(19-3)7-4-8-15)12-6-5-11(18-2)9-13(12)16/h5-6,9,14,17H,4,7-8,10H2,1-3H3. The van der Waals surface area contributed by atoms with Crippen molar-refractivity contribution in [1.82, 2.24) is 5.32 Å². The number of halogens is 1. The molecule has 1 saturated carbocycles. The van der Waals surface area contributed by atoms with Crippen molar-refractivity contribution in [3.63, 3.8) is 0 Å². The molecule has 0 heterocycles. The molecule has 0 aromatic heterocycles. The number of rotatable bonds is 6. The minimum Gasteiger partial charge on any atom is -0.497 e. The summed E-state index contributed by atoms with van der Waals surface area (Å²) >= 11 is 6.35. The second kappa shape index (κ2) is 6.12. The van der Waals surface area contributed by atoms with E-state index in [1.807, 2.05) is 32.4 Å². The van der Waals surface area contributed by atoms with Gasteiger partial charge >= 0.3 is 0 Å². The molecule has 1 fully saturated rings. The predicted molar refractivity (Wildman–Crippen MR) is 78.0 cm³/mol. The van der Waals surface area contributed by atoms with Gasteiger partial charge in [-0.1, -0.05) is 17.7 Å². The molecule has 0 amide bonds. The zero-order valence-corrected chi connectivity index (χ0v) is 12.6. The summed E-state index contributed by atoms with van der Waals surface area (Å²) < 4.78 is 10.9. The van der Waals surface area contributed by atoms with Gasteiger partial charge in [-0.2, -0.15) is 0 Å². The van der Waals surface area contributed by atoms with Crippen LogP contribution < -0.4 is 10.1 Å². The van der Waals surface area contributed by atoms with Crippen molar-refractivity contribution < 1.29 is 9.47 Å². The van der Waals surface area contributed by atoms with E-state index in [9.17, 15) is 0 Å². The van der Waals surface area contributed by atoms with E-state index in [0.717, 1.165) is 35.6 Å². The molecule has 0 saturated heterocycles. The van der Waals surface area contributed by atoms with Gasteiger partial charge in [-0.25, -0.2) is 0 Å². The Hall–Kier alpha value is -0.770. The largest absolute Gasteiger partial charge is 0.497 e. The van der Waals surface area contributed by atoms with E-state index in [2.05, 4.69) is 5.32 Å². The van der Waals surface area contributed by atoms with Crippen LogP contribution in [0.25, 0.3) is 0 Å². The number of methoxy groups -OCH3 is 2. The number of hydrogen-bond donors (Lipinski definition) is 1. The summed E-state index contributed by atoms with van der Waals surface area (Å²) in [6.07, 6.45) is 4.47. The van der Waals surface area contributed by atoms with E-state index < -0.39 is 0 Å². The Kier molecular flexibility index (Phi) is 4.71. The van der Waals surface area contributed by atoms with Crippen molar-refractivity contribution in [3.8, 4) is 5.75 Å². The molecule has 2 rings (SSSR count). The highest BCUT2D eigenvalue weighted by molar-refractivity contribution is 6.31. The molecule has 4 heteroatoms. The monoisotopic (exact) mass is 283 g/mol. The Bertz CT molecular complexity index is 427. The highest BCUT2D eigenvalue weighted by Crippen LogP contribution is 2.43. The first-order chi connectivity index (χ1) is 9.14. The molecule has 1 N–H and O–H groups in total. The Morgan fingerprint density at radius 3 is 2.53 bits per heavy atom. The van der Waals surface area contributed by atoms with Gasteiger partial charge < -0.3 is 14.8 Å². The van der Waals surface area contributed by atoms with Crippen LogP contribution in [0.4, 0.5) is 0 Å². The molecule has 0 spiro atoms. The summed E-state index contributed by atoms with van der Waals surface area (Å²) in [5.74, 6) is 0.786. The summed E-state index contributed by atoms with van der Waals surface area (Å²) in [5, 5.41) is 4.09. The molecular formula is C15H22ClNO2. The van der Waals surface area contributed by atoms with Crippen molar-refractivity contribution in [2.45, 2.75) is 37.3 Å². The van der Waals surface area contributed by atoms with E-state index >= 15 is 0 Å². The van der Waals surface area contributed by atoms with E-state index in [-0.39, 0.29) is 11.6 Å². The Balaban J connectivity index is 2.17. The highest BCUT2D eigenvalue weighted by Gasteiger charge is 2.39. The molecule has 0 bridgehead atoms. The maximum atomic E-state index is 6.35. The minimum absolute atomic E-state index is 0.0247. The molecular weight excluding hydrogens is 262 g/mol. The Morgan fingerprint density at radius 1 is 1.37 bits per heavy atom. The van der Waals surface area contributed by atoms with Crippen LogP contribution in [0.2, 0.25) is 5.02 Å². The number of benzene rings is 1. The maximum Gasteiger partial charge on any atom is 0.120 e. The van der Waals surface area contributed by atoms with Crippen LogP contribution in [0.1, 0.15) is 37.3 Å². The molecule has 3 nitrogen and oxygen atoms in total. The van der Waals surface area contributed by atoms with Gasteiger partial charge in [0.25, 0.3) is 0 Å². The third-order valence-corrected chi connectivity index (χ3v) is 4.53. The van der Waals surface area contributed by atoms with Crippen LogP contribution >= 0.6 is 11.6 Å². The lowest BCUT2D eigenvalue weighted by Gasteiger charge is -2.43. The van der Waals surface area contributed by atoms with E-state index in [0.29, 0.717) is 0 Å². The zero-order chi connectivity index (χ0) is 13.9. The molecule has 1 unspecified atom stereocenters. The first-order valence-electron chi connectivity index (χ1n) is 6.70. The van der Waals surface area contributed by atoms with Crippen LogP contribution in [0.5, 0.6) is 5.75 Å². The Morgan fingerprint density at radius 2 is 2.11 bits per heavy atom. The van der Waals surface area contributed by atoms with Crippen LogP contribution in [0.3, 0.4) is 0 Å². The molecule has 1 aliphatic carbocycles. The average Bonchev–Trinajstić information content (AvgIpc) is 2.39. The SMILES string of the molecule is CNC(CC1(OC)CCC1)c1ccc(OC)cc1Cl. The maximum absolute atomic E-state index is 6.35. The number of ether oxygens (including phenoxy) is 2. The zero-order valence-electron chi connectivity index (χ0n) is 11.8. The summed E-state index contributed by atoms with van der Waals surface area (Å²) in [4.78, 5) is 0. The average molecular weight is 284 g/mol. The van der Waals surface area contributed by atoms with Gasteiger partial charge in [0, 0.05) is 18.2 Å². The van der Waals surface area contributed by atoms with Gasteiger partial charge in [-0.3, -0.25) is 0 Å². The quantitative estimate of drug-likeness (QED) is 0.866. The first-order valence-corrected chi connectivity index (χ1v) is 7.08. The minimum atomic E-state index is 0.0247. The molecule has 1 aromatic rings. The third kappa shape index (κ3) is 3.04. The van der Waals surface area contributed by atoms with Crippen molar-refractivity contribution in [1.29, 1.82) is 0 Å². The molecule has 106 valence electrons. The normalized spacial score (nSPS) is 18.7. The van der Waals surface area contributed by atoms with Gasteiger partial charge in [-0.05, 0) is 50.4 Å². The van der Waals surface area contributed by atoms with E-state index in [1.54, 1.807) is 7.11 Å². The molecule has 19 heavy (non-hydrogen) atoms. The van der Waals surface area contributed by atoms with Gasteiger partial charge in [0.05, 0.1) is 12.7 Å². The molecule has 1 atom stereocenters. The topological polar surface area (TPSA) is 30.5 Å². The lowest BCUT2D eigenvalue weighted by molar-refractivity contribution is -0.0834. The van der Waals surface area contributed by atoms with Crippen molar-refractivity contribution in [3.05, 3.63) is 28.8 Å². The van der Waals surface area contributed by atoms with E-state index in [4.69, 9.17) is 21.1 Å². The van der Waals surface area contributed by atoms with Crippen molar-refractivity contribution in [2.24, 2.45) is 0 Å². The lowest BCUT2D eigenvalue weighted by atomic mass is 9.74. The van der Waals surface area contributed by atoms with Crippen molar-refractivity contribution in [2.75, 3.05) is 21.3 Å². The molecule has 1 aromatic carbocycles. The summed E-state index contributed by atoms with van der Waals surface area (Å²) in [6.45, 7) is 0. The fourth-order valence-corrected chi connectivity index (χ4v) is 3.02. The highest BCUT2D eigenvalue weighted by atomic mass is 35.5. The Labute approximate surface area is 120 Å². The van der Waals surface area contributed by atoms with Gasteiger partial charge in [0.1, 0.15) is 5.75 Å². The van der Waals surface area contributed by atoms with Crippen LogP contribution in [-0.4, -0.2) is 26.9 Å². The smallest absolute Gasteiger partial charge is 0.120 e. The lowest BCUT2D eigenvalue weighted by Crippen LogP contribution is -2.42. The van der Waals surface area contributed by atoms with Crippen molar-refractivity contribution >= 4 is 11.6 Å². The fraction of sp³-hybridized carbons (Fsp3) is 0.600. The summed E-state index contributed by atoms with van der Waals surface area (Å²) in [7, 11) is 5.42. The fourth-order valence-electron chi connectivity index (χ4n) is 2.72. The first kappa shape index (κ1) is 14.6. The van der Waals surface area contributed by atoms with Crippen LogP contribution in [0, 0.1) is 0 Å². The predicted octanol–water partition coefficient (Wildman–Crippen LogP) is 3.57. The second-order valence-corrected chi connectivity index (χ2v) is 5.58. The second-order valence-electron chi connectivity index (χ2n) is 5.17. The number of nitrogens with one attached hydrogen (secondary N) is 1. The molecule has 0 radical (unpaired) electrons. The molecule has 0 aliphatic heterocycles.